The van der Waals surface area contributed by atoms with Gasteiger partial charge in [-0.25, -0.2) is 4.39 Å². The molecule has 1 aliphatic heterocycles. The van der Waals surface area contributed by atoms with Crippen LogP contribution >= 0.6 is 24.8 Å². The number of nitrogens with one attached hydrogen (secondary N) is 2. The van der Waals surface area contributed by atoms with Crippen LogP contribution in [0.2, 0.25) is 0 Å². The van der Waals surface area contributed by atoms with E-state index in [2.05, 4.69) is 15.7 Å². The van der Waals surface area contributed by atoms with Gasteiger partial charge in [-0.3, -0.25) is 9.48 Å². The quantitative estimate of drug-likeness (QED) is 0.880. The summed E-state index contributed by atoms with van der Waals surface area (Å²) in [5.41, 5.74) is 1.94. The summed E-state index contributed by atoms with van der Waals surface area (Å²) in [5.74, 6) is -0.514. The zero-order valence-corrected chi connectivity index (χ0v) is 14.1. The largest absolute Gasteiger partial charge is 0.324 e. The van der Waals surface area contributed by atoms with Crippen LogP contribution in [-0.2, 0) is 24.3 Å². The highest BCUT2D eigenvalue weighted by molar-refractivity contribution is 5.91. The summed E-state index contributed by atoms with van der Waals surface area (Å²) in [7, 11) is 0. The third-order valence-corrected chi connectivity index (χ3v) is 3.61. The molecule has 0 saturated heterocycles. The van der Waals surface area contributed by atoms with Crippen molar-refractivity contribution in [1.29, 1.82) is 0 Å². The van der Waals surface area contributed by atoms with Crippen molar-refractivity contribution in [1.82, 2.24) is 15.1 Å². The molecule has 23 heavy (non-hydrogen) atoms. The lowest BCUT2D eigenvalue weighted by Gasteiger charge is -2.19. The average Bonchev–Trinajstić information content (AvgIpc) is 3.02. The van der Waals surface area contributed by atoms with Crippen LogP contribution in [0.4, 0.5) is 10.1 Å². The van der Waals surface area contributed by atoms with Crippen molar-refractivity contribution in [2.45, 2.75) is 25.9 Å². The van der Waals surface area contributed by atoms with Crippen LogP contribution in [0.5, 0.6) is 0 Å². The number of carbonyl (C=O) groups excluding carboxylic acids is 1. The molecular weight excluding hydrogens is 342 g/mol. The van der Waals surface area contributed by atoms with Gasteiger partial charge in [0, 0.05) is 31.9 Å². The Hall–Kier alpha value is -1.63. The molecule has 126 valence electrons. The van der Waals surface area contributed by atoms with Crippen molar-refractivity contribution < 1.29 is 9.18 Å². The molecule has 0 unspecified atom stereocenters. The summed E-state index contributed by atoms with van der Waals surface area (Å²) < 4.78 is 16.0. The number of carbonyl (C=O) groups is 1. The monoisotopic (exact) mass is 360 g/mol. The number of amides is 1. The molecule has 1 aromatic heterocycles. The second-order valence-corrected chi connectivity index (χ2v) is 5.06. The Morgan fingerprint density at radius 2 is 2.22 bits per heavy atom. The van der Waals surface area contributed by atoms with Gasteiger partial charge in [-0.2, -0.15) is 5.10 Å². The minimum atomic E-state index is -0.304. The molecule has 0 spiro atoms. The van der Waals surface area contributed by atoms with Gasteiger partial charge in [-0.05, 0) is 36.2 Å². The first-order valence-corrected chi connectivity index (χ1v) is 7.02. The molecule has 0 radical (unpaired) electrons. The Kier molecular flexibility index (Phi) is 7.48. The van der Waals surface area contributed by atoms with Crippen molar-refractivity contribution in [2.75, 3.05) is 11.9 Å². The number of benzene rings is 1. The molecule has 1 aromatic carbocycles. The summed E-state index contributed by atoms with van der Waals surface area (Å²) >= 11 is 0. The molecule has 0 fully saturated rings. The molecule has 0 saturated carbocycles. The van der Waals surface area contributed by atoms with Crippen LogP contribution in [0.1, 0.15) is 17.5 Å². The molecule has 0 bridgehead atoms. The van der Waals surface area contributed by atoms with Crippen LogP contribution in [0.3, 0.4) is 0 Å². The predicted molar refractivity (Wildman–Crippen MR) is 91.8 cm³/mol. The van der Waals surface area contributed by atoms with E-state index in [1.807, 2.05) is 6.07 Å². The molecule has 2 aromatic rings. The van der Waals surface area contributed by atoms with Gasteiger partial charge in [-0.15, -0.1) is 24.8 Å². The lowest BCUT2D eigenvalue weighted by molar-refractivity contribution is -0.116. The number of aryl methyl sites for hydroxylation is 1. The molecule has 3 rings (SSSR count). The first kappa shape index (κ1) is 19.4. The molecular formula is C15H19Cl2FN4O. The second-order valence-electron chi connectivity index (χ2n) is 5.06. The van der Waals surface area contributed by atoms with Gasteiger partial charge in [0.05, 0.1) is 5.69 Å². The summed E-state index contributed by atoms with van der Waals surface area (Å²) in [5, 5.41) is 9.87. The van der Waals surface area contributed by atoms with Gasteiger partial charge < -0.3 is 10.6 Å². The molecule has 5 nitrogen and oxygen atoms in total. The van der Waals surface area contributed by atoms with Crippen LogP contribution < -0.4 is 10.6 Å². The van der Waals surface area contributed by atoms with Crippen molar-refractivity contribution in [3.63, 3.8) is 0 Å². The molecule has 0 atom stereocenters. The average molecular weight is 361 g/mol. The Bertz CT molecular complexity index is 649. The topological polar surface area (TPSA) is 59.0 Å². The lowest BCUT2D eigenvalue weighted by Crippen LogP contribution is -2.25. The minimum Gasteiger partial charge on any atom is -0.324 e. The second kappa shape index (κ2) is 8.86. The maximum atomic E-state index is 14.4. The SMILES string of the molecule is Cl.Cl.O=C(CCn1cccn1)Nc1ccc2c(c1F)CCNC2. The standard InChI is InChI=1S/C15H17FN4O.2ClH/c16-15-12-4-7-17-10-11(12)2-3-13(15)19-14(21)5-9-20-8-1-6-18-20;;/h1-3,6,8,17H,4-5,7,9-10H2,(H,19,21);2*1H. The smallest absolute Gasteiger partial charge is 0.226 e. The van der Waals surface area contributed by atoms with E-state index in [1.54, 1.807) is 29.2 Å². The van der Waals surface area contributed by atoms with Gasteiger partial charge in [0.25, 0.3) is 0 Å². The fraction of sp³-hybridized carbons (Fsp3) is 0.333. The highest BCUT2D eigenvalue weighted by atomic mass is 35.5. The Morgan fingerprint density at radius 3 is 2.96 bits per heavy atom. The fourth-order valence-electron chi connectivity index (χ4n) is 2.49. The van der Waals surface area contributed by atoms with Crippen molar-refractivity contribution in [3.05, 3.63) is 47.5 Å². The first-order chi connectivity index (χ1) is 10.2. The summed E-state index contributed by atoms with van der Waals surface area (Å²) in [6.07, 6.45) is 4.37. The van der Waals surface area contributed by atoms with E-state index in [0.29, 0.717) is 25.1 Å². The van der Waals surface area contributed by atoms with Crippen molar-refractivity contribution in [2.24, 2.45) is 0 Å². The van der Waals surface area contributed by atoms with E-state index in [0.717, 1.165) is 12.1 Å². The zero-order chi connectivity index (χ0) is 14.7. The minimum absolute atomic E-state index is 0. The Balaban J connectivity index is 0.00000132. The molecule has 0 aliphatic carbocycles. The fourth-order valence-corrected chi connectivity index (χ4v) is 2.49. The zero-order valence-electron chi connectivity index (χ0n) is 12.4. The maximum Gasteiger partial charge on any atom is 0.226 e. The molecule has 2 N–H and O–H groups in total. The number of nitrogens with zero attached hydrogens (tertiary/aromatic N) is 2. The van der Waals surface area contributed by atoms with E-state index >= 15 is 0 Å². The maximum absolute atomic E-state index is 14.4. The highest BCUT2D eigenvalue weighted by Gasteiger charge is 2.17. The number of aromatic nitrogens is 2. The van der Waals surface area contributed by atoms with Crippen LogP contribution in [0.15, 0.2) is 30.6 Å². The molecule has 8 heteroatoms. The van der Waals surface area contributed by atoms with Gasteiger partial charge in [0.15, 0.2) is 0 Å². The molecule has 1 aliphatic rings. The predicted octanol–water partition coefficient (Wildman–Crippen LogP) is 2.54. The third kappa shape index (κ3) is 4.67. The number of rotatable bonds is 4. The van der Waals surface area contributed by atoms with Crippen molar-refractivity contribution in [3.8, 4) is 0 Å². The number of hydrogen-bond acceptors (Lipinski definition) is 3. The Labute approximate surface area is 146 Å². The van der Waals surface area contributed by atoms with Gasteiger partial charge in [0.1, 0.15) is 5.82 Å². The van der Waals surface area contributed by atoms with E-state index < -0.39 is 0 Å². The first-order valence-electron chi connectivity index (χ1n) is 7.02. The van der Waals surface area contributed by atoms with Gasteiger partial charge >= 0.3 is 0 Å². The van der Waals surface area contributed by atoms with Crippen molar-refractivity contribution >= 4 is 36.4 Å². The third-order valence-electron chi connectivity index (χ3n) is 3.61. The molecule has 2 heterocycles. The highest BCUT2D eigenvalue weighted by Crippen LogP contribution is 2.24. The summed E-state index contributed by atoms with van der Waals surface area (Å²) in [6, 6.07) is 5.30. The lowest BCUT2D eigenvalue weighted by atomic mass is 9.99. The van der Waals surface area contributed by atoms with Crippen LogP contribution in [0, 0.1) is 5.82 Å². The van der Waals surface area contributed by atoms with Crippen LogP contribution in [-0.4, -0.2) is 22.2 Å². The van der Waals surface area contributed by atoms with Gasteiger partial charge in [0.2, 0.25) is 5.91 Å². The van der Waals surface area contributed by atoms with Gasteiger partial charge in [-0.1, -0.05) is 6.07 Å². The Morgan fingerprint density at radius 1 is 1.39 bits per heavy atom. The van der Waals surface area contributed by atoms with Crippen LogP contribution in [0.25, 0.3) is 0 Å². The number of halogens is 3. The number of anilines is 1. The van der Waals surface area contributed by atoms with E-state index in [1.165, 1.54) is 0 Å². The number of fused-ring (bicyclic) bond motifs is 1. The van der Waals surface area contributed by atoms with E-state index in [-0.39, 0.29) is 48.6 Å². The summed E-state index contributed by atoms with van der Waals surface area (Å²) in [6.45, 7) is 1.93. The number of hydrogen-bond donors (Lipinski definition) is 2. The van der Waals surface area contributed by atoms with E-state index in [4.69, 9.17) is 0 Å². The van der Waals surface area contributed by atoms with E-state index in [9.17, 15) is 9.18 Å². The normalized spacial score (nSPS) is 12.6. The molecule has 1 amide bonds. The summed E-state index contributed by atoms with van der Waals surface area (Å²) in [4.78, 5) is 11.9.